The number of carbonyl (C=O) groups excluding carboxylic acids is 2. The van der Waals surface area contributed by atoms with Gasteiger partial charge in [-0.15, -0.1) is 0 Å². The molecule has 0 unspecified atom stereocenters. The van der Waals surface area contributed by atoms with E-state index in [1.807, 2.05) is 0 Å². The Morgan fingerprint density at radius 1 is 1.26 bits per heavy atom. The van der Waals surface area contributed by atoms with Crippen LogP contribution in [0, 0.1) is 0 Å². The Bertz CT molecular complexity index is 596. The summed E-state index contributed by atoms with van der Waals surface area (Å²) in [5, 5.41) is 0. The summed E-state index contributed by atoms with van der Waals surface area (Å²) in [4.78, 5) is 22.2. The van der Waals surface area contributed by atoms with Crippen molar-refractivity contribution < 1.29 is 19.1 Å². The third kappa shape index (κ3) is 2.20. The zero-order chi connectivity index (χ0) is 13.8. The van der Waals surface area contributed by atoms with E-state index in [0.717, 1.165) is 0 Å². The highest BCUT2D eigenvalue weighted by Crippen LogP contribution is 2.39. The topological polar surface area (TPSA) is 52.6 Å². The quantitative estimate of drug-likeness (QED) is 0.461. The number of aldehydes is 2. The molecule has 96 valence electrons. The Morgan fingerprint density at radius 3 is 2.68 bits per heavy atom. The van der Waals surface area contributed by atoms with Crippen molar-refractivity contribution in [3.63, 3.8) is 0 Å². The average molecular weight is 256 g/mol. The molecule has 0 aliphatic carbocycles. The lowest BCUT2D eigenvalue weighted by Crippen LogP contribution is -1.98. The van der Waals surface area contributed by atoms with Crippen molar-refractivity contribution in [1.29, 1.82) is 0 Å². The minimum absolute atomic E-state index is 0.0781. The molecule has 0 bridgehead atoms. The van der Waals surface area contributed by atoms with Crippen LogP contribution < -0.4 is 9.47 Å². The van der Waals surface area contributed by atoms with Crippen LogP contribution in [-0.2, 0) is 4.79 Å². The van der Waals surface area contributed by atoms with Gasteiger partial charge in [0.1, 0.15) is 6.29 Å². The van der Waals surface area contributed by atoms with E-state index in [1.165, 1.54) is 6.08 Å². The summed E-state index contributed by atoms with van der Waals surface area (Å²) < 4.78 is 10.5. The molecule has 19 heavy (non-hydrogen) atoms. The number of hydrogen-bond donors (Lipinski definition) is 0. The largest absolute Gasteiger partial charge is 0.454 e. The van der Waals surface area contributed by atoms with Crippen LogP contribution >= 0.6 is 0 Å². The lowest BCUT2D eigenvalue weighted by molar-refractivity contribution is -0.104. The van der Waals surface area contributed by atoms with Gasteiger partial charge in [-0.2, -0.15) is 0 Å². The van der Waals surface area contributed by atoms with Crippen LogP contribution in [0.3, 0.4) is 0 Å². The molecule has 0 fully saturated rings. The Morgan fingerprint density at radius 2 is 2.05 bits per heavy atom. The van der Waals surface area contributed by atoms with Crippen molar-refractivity contribution >= 4 is 18.1 Å². The fraction of sp³-hybridized carbons (Fsp3) is 0.0667. The fourth-order valence-corrected chi connectivity index (χ4v) is 1.90. The van der Waals surface area contributed by atoms with Gasteiger partial charge in [-0.1, -0.05) is 25.3 Å². The van der Waals surface area contributed by atoms with Crippen molar-refractivity contribution in [2.45, 2.75) is 0 Å². The van der Waals surface area contributed by atoms with E-state index in [4.69, 9.17) is 9.47 Å². The molecular weight excluding hydrogens is 244 g/mol. The smallest absolute Gasteiger partial charge is 0.231 e. The van der Waals surface area contributed by atoms with Crippen LogP contribution in [0.25, 0.3) is 5.57 Å². The predicted molar refractivity (Wildman–Crippen MR) is 71.3 cm³/mol. The highest BCUT2D eigenvalue weighted by Gasteiger charge is 2.22. The van der Waals surface area contributed by atoms with Gasteiger partial charge in [-0.05, 0) is 23.3 Å². The first-order chi connectivity index (χ1) is 9.22. The standard InChI is InChI=1S/C15H12O4/c1-3-4-11(10(2)7-16)12-5-6-14-15(13(12)8-17)19-9-18-14/h3-8H,1-2,9H2. The summed E-state index contributed by atoms with van der Waals surface area (Å²) in [6, 6.07) is 3.39. The van der Waals surface area contributed by atoms with Crippen LogP contribution in [0.4, 0.5) is 0 Å². The first kappa shape index (κ1) is 12.8. The normalized spacial score (nSPS) is 12.9. The summed E-state index contributed by atoms with van der Waals surface area (Å²) in [6.07, 6.45) is 4.47. The van der Waals surface area contributed by atoms with Crippen molar-refractivity contribution in [3.8, 4) is 11.5 Å². The molecule has 0 saturated carbocycles. The second-order valence-electron chi connectivity index (χ2n) is 3.84. The minimum atomic E-state index is 0.0781. The molecule has 0 radical (unpaired) electrons. The number of rotatable bonds is 5. The van der Waals surface area contributed by atoms with Crippen LogP contribution in [0.5, 0.6) is 11.5 Å². The molecule has 1 aromatic carbocycles. The Hall–Kier alpha value is -2.62. The molecule has 0 atom stereocenters. The average Bonchev–Trinajstić information content (AvgIpc) is 2.91. The zero-order valence-electron chi connectivity index (χ0n) is 10.2. The SMILES string of the molecule is C=CC=C(C(=C)C=O)c1ccc2c(c1C=O)OCO2. The minimum Gasteiger partial charge on any atom is -0.454 e. The number of hydrogen-bond acceptors (Lipinski definition) is 4. The van der Waals surface area contributed by atoms with E-state index in [1.54, 1.807) is 18.2 Å². The van der Waals surface area contributed by atoms with Gasteiger partial charge in [0.2, 0.25) is 6.79 Å². The molecule has 1 heterocycles. The zero-order valence-corrected chi connectivity index (χ0v) is 10.2. The number of fused-ring (bicyclic) bond motifs is 1. The third-order valence-electron chi connectivity index (χ3n) is 2.76. The summed E-state index contributed by atoms with van der Waals surface area (Å²) >= 11 is 0. The van der Waals surface area contributed by atoms with Crippen LogP contribution in [0.1, 0.15) is 15.9 Å². The summed E-state index contributed by atoms with van der Waals surface area (Å²) in [5.41, 5.74) is 1.70. The molecule has 0 aromatic heterocycles. The number of allylic oxidation sites excluding steroid dienone is 4. The molecular formula is C15H12O4. The maximum Gasteiger partial charge on any atom is 0.231 e. The van der Waals surface area contributed by atoms with Crippen molar-refractivity contribution in [2.75, 3.05) is 6.79 Å². The summed E-state index contributed by atoms with van der Waals surface area (Å²) in [7, 11) is 0. The highest BCUT2D eigenvalue weighted by molar-refractivity contribution is 6.03. The van der Waals surface area contributed by atoms with Gasteiger partial charge < -0.3 is 9.47 Å². The molecule has 0 N–H and O–H groups in total. The highest BCUT2D eigenvalue weighted by atomic mass is 16.7. The molecule has 4 heteroatoms. The van der Waals surface area contributed by atoms with Gasteiger partial charge in [0, 0.05) is 5.57 Å². The fourth-order valence-electron chi connectivity index (χ4n) is 1.90. The van der Waals surface area contributed by atoms with E-state index < -0.39 is 0 Å². The van der Waals surface area contributed by atoms with Gasteiger partial charge in [-0.3, -0.25) is 9.59 Å². The van der Waals surface area contributed by atoms with Gasteiger partial charge >= 0.3 is 0 Å². The number of ether oxygens (including phenoxy) is 2. The Labute approximate surface area is 110 Å². The van der Waals surface area contributed by atoms with Gasteiger partial charge in [0.25, 0.3) is 0 Å². The van der Waals surface area contributed by atoms with Crippen LogP contribution in [0.2, 0.25) is 0 Å². The van der Waals surface area contributed by atoms with Gasteiger partial charge in [-0.25, -0.2) is 0 Å². The Balaban J connectivity index is 2.64. The molecule has 1 aromatic rings. The predicted octanol–water partition coefficient (Wildman–Crippen LogP) is 2.55. The molecule has 1 aliphatic rings. The lowest BCUT2D eigenvalue weighted by Gasteiger charge is -2.10. The maximum atomic E-state index is 11.3. The van der Waals surface area contributed by atoms with E-state index in [2.05, 4.69) is 13.2 Å². The van der Waals surface area contributed by atoms with E-state index >= 15 is 0 Å². The van der Waals surface area contributed by atoms with Crippen molar-refractivity contribution in [2.24, 2.45) is 0 Å². The van der Waals surface area contributed by atoms with Crippen LogP contribution in [-0.4, -0.2) is 19.4 Å². The molecule has 1 aliphatic heterocycles. The van der Waals surface area contributed by atoms with Crippen molar-refractivity contribution in [3.05, 3.63) is 54.1 Å². The van der Waals surface area contributed by atoms with Gasteiger partial charge in [0.05, 0.1) is 5.56 Å². The second-order valence-corrected chi connectivity index (χ2v) is 3.84. The molecule has 0 spiro atoms. The number of benzene rings is 1. The number of carbonyl (C=O) groups is 2. The third-order valence-corrected chi connectivity index (χ3v) is 2.76. The van der Waals surface area contributed by atoms with Crippen LogP contribution in [0.15, 0.2) is 43.0 Å². The second kappa shape index (κ2) is 5.35. The first-order valence-electron chi connectivity index (χ1n) is 5.58. The summed E-state index contributed by atoms with van der Waals surface area (Å²) in [5.74, 6) is 0.904. The first-order valence-corrected chi connectivity index (χ1v) is 5.58. The monoisotopic (exact) mass is 256 g/mol. The molecule has 4 nitrogen and oxygen atoms in total. The maximum absolute atomic E-state index is 11.3. The molecule has 0 saturated heterocycles. The van der Waals surface area contributed by atoms with Gasteiger partial charge in [0.15, 0.2) is 17.8 Å². The van der Waals surface area contributed by atoms with E-state index in [9.17, 15) is 9.59 Å². The molecule has 0 amide bonds. The van der Waals surface area contributed by atoms with E-state index in [0.29, 0.717) is 40.8 Å². The summed E-state index contributed by atoms with van der Waals surface area (Å²) in [6.45, 7) is 7.34. The Kier molecular flexibility index (Phi) is 3.61. The van der Waals surface area contributed by atoms with E-state index in [-0.39, 0.29) is 12.4 Å². The molecule has 2 rings (SSSR count). The lowest BCUT2D eigenvalue weighted by atomic mass is 9.94. The van der Waals surface area contributed by atoms with Crippen molar-refractivity contribution in [1.82, 2.24) is 0 Å².